The van der Waals surface area contributed by atoms with Crippen LogP contribution in [0.25, 0.3) is 0 Å². The lowest BCUT2D eigenvalue weighted by Gasteiger charge is -2.19. The summed E-state index contributed by atoms with van der Waals surface area (Å²) in [6, 6.07) is 2.62. The van der Waals surface area contributed by atoms with Gasteiger partial charge in [0.05, 0.1) is 28.1 Å². The second-order valence-electron chi connectivity index (χ2n) is 6.82. The quantitative estimate of drug-likeness (QED) is 0.778. The van der Waals surface area contributed by atoms with Gasteiger partial charge in [-0.25, -0.2) is 0 Å². The minimum absolute atomic E-state index is 0.0439. The highest BCUT2D eigenvalue weighted by molar-refractivity contribution is 6.33. The van der Waals surface area contributed by atoms with Crippen LogP contribution in [0.3, 0.4) is 0 Å². The molecule has 0 aromatic heterocycles. The molecule has 3 rings (SSSR count). The molecule has 27 heavy (non-hydrogen) atoms. The summed E-state index contributed by atoms with van der Waals surface area (Å²) in [5.74, 6) is -1.56. The van der Waals surface area contributed by atoms with Gasteiger partial charge in [-0.15, -0.1) is 0 Å². The Balaban J connectivity index is 1.59. The first kappa shape index (κ1) is 19.7. The highest BCUT2D eigenvalue weighted by atomic mass is 35.5. The first-order valence-electron chi connectivity index (χ1n) is 8.70. The van der Waals surface area contributed by atoms with Crippen molar-refractivity contribution in [3.05, 3.63) is 28.8 Å². The number of nitrogens with one attached hydrogen (secondary N) is 1. The number of carbonyl (C=O) groups is 3. The predicted molar refractivity (Wildman–Crippen MR) is 91.9 cm³/mol. The molecule has 146 valence electrons. The van der Waals surface area contributed by atoms with E-state index in [9.17, 15) is 27.6 Å². The predicted octanol–water partition coefficient (Wildman–Crippen LogP) is 3.86. The van der Waals surface area contributed by atoms with Crippen LogP contribution in [0, 0.1) is 11.8 Å². The highest BCUT2D eigenvalue weighted by Gasteiger charge is 2.47. The summed E-state index contributed by atoms with van der Waals surface area (Å²) in [5.41, 5.74) is -0.872. The van der Waals surface area contributed by atoms with Crippen LogP contribution in [0.2, 0.25) is 5.02 Å². The number of benzene rings is 1. The molecule has 2 aliphatic rings. The summed E-state index contributed by atoms with van der Waals surface area (Å²) in [5, 5.41) is 2.18. The third-order valence-electron chi connectivity index (χ3n) is 5.07. The average molecular weight is 403 g/mol. The summed E-state index contributed by atoms with van der Waals surface area (Å²) >= 11 is 5.80. The molecular formula is C18H18ClF3N2O3. The first-order chi connectivity index (χ1) is 12.7. The maximum absolute atomic E-state index is 12.6. The zero-order valence-corrected chi connectivity index (χ0v) is 15.1. The molecule has 1 saturated heterocycles. The molecule has 2 fully saturated rings. The van der Waals surface area contributed by atoms with Crippen molar-refractivity contribution in [2.75, 3.05) is 11.9 Å². The van der Waals surface area contributed by atoms with E-state index in [0.717, 1.165) is 35.9 Å². The molecule has 1 aliphatic carbocycles. The third kappa shape index (κ3) is 4.10. The molecule has 1 aliphatic heterocycles. The number of nitrogens with zero attached hydrogens (tertiary/aromatic N) is 1. The van der Waals surface area contributed by atoms with Gasteiger partial charge in [0.15, 0.2) is 0 Å². The van der Waals surface area contributed by atoms with Crippen molar-refractivity contribution < 1.29 is 27.6 Å². The minimum atomic E-state index is -4.53. The van der Waals surface area contributed by atoms with Crippen LogP contribution >= 0.6 is 11.6 Å². The number of alkyl halides is 3. The van der Waals surface area contributed by atoms with E-state index in [0.29, 0.717) is 12.8 Å². The monoisotopic (exact) mass is 402 g/mol. The summed E-state index contributed by atoms with van der Waals surface area (Å²) in [7, 11) is 0. The van der Waals surface area contributed by atoms with Crippen LogP contribution in [0.15, 0.2) is 18.2 Å². The summed E-state index contributed by atoms with van der Waals surface area (Å²) in [6.07, 6.45) is -1.45. The standard InChI is InChI=1S/C18H18ClF3N2O3/c19-13-9-10(18(20,21)22)5-6-14(13)23-15(25)7-8-24-16(26)11-3-1-2-4-12(11)17(24)27/h5-6,9,11-12H,1-4,7-8H2,(H,23,25)/t11-,12-/m1/s1. The van der Waals surface area contributed by atoms with E-state index in [1.807, 2.05) is 0 Å². The highest BCUT2D eigenvalue weighted by Crippen LogP contribution is 2.38. The van der Waals surface area contributed by atoms with Gasteiger partial charge in [0.1, 0.15) is 0 Å². The number of anilines is 1. The van der Waals surface area contributed by atoms with E-state index in [-0.39, 0.29) is 47.3 Å². The lowest BCUT2D eigenvalue weighted by atomic mass is 9.81. The number of hydrogen-bond donors (Lipinski definition) is 1. The second-order valence-corrected chi connectivity index (χ2v) is 7.22. The number of carbonyl (C=O) groups excluding carboxylic acids is 3. The number of rotatable bonds is 4. The number of imide groups is 1. The molecule has 1 N–H and O–H groups in total. The average Bonchev–Trinajstić information content (AvgIpc) is 2.85. The van der Waals surface area contributed by atoms with Crippen LogP contribution in [0.4, 0.5) is 18.9 Å². The zero-order valence-electron chi connectivity index (χ0n) is 14.3. The smallest absolute Gasteiger partial charge is 0.325 e. The van der Waals surface area contributed by atoms with Crippen LogP contribution in [0.1, 0.15) is 37.7 Å². The fourth-order valence-corrected chi connectivity index (χ4v) is 3.90. The molecule has 3 amide bonds. The van der Waals surface area contributed by atoms with E-state index < -0.39 is 17.6 Å². The van der Waals surface area contributed by atoms with E-state index in [1.54, 1.807) is 0 Å². The topological polar surface area (TPSA) is 66.5 Å². The van der Waals surface area contributed by atoms with Crippen molar-refractivity contribution in [1.29, 1.82) is 0 Å². The number of hydrogen-bond acceptors (Lipinski definition) is 3. The number of likely N-dealkylation sites (tertiary alicyclic amines) is 1. The molecule has 0 spiro atoms. The van der Waals surface area contributed by atoms with E-state index in [4.69, 9.17) is 11.6 Å². The lowest BCUT2D eigenvalue weighted by molar-refractivity contribution is -0.140. The largest absolute Gasteiger partial charge is 0.416 e. The van der Waals surface area contributed by atoms with Gasteiger partial charge in [-0.1, -0.05) is 24.4 Å². The normalized spacial score (nSPS) is 22.7. The van der Waals surface area contributed by atoms with E-state index in [2.05, 4.69) is 5.32 Å². The third-order valence-corrected chi connectivity index (χ3v) is 5.38. The Morgan fingerprint density at radius 1 is 1.15 bits per heavy atom. The SMILES string of the molecule is O=C(CCN1C(=O)[C@@H]2CCCC[C@H]2C1=O)Nc1ccc(C(F)(F)F)cc1Cl. The maximum atomic E-state index is 12.6. The van der Waals surface area contributed by atoms with Gasteiger partial charge < -0.3 is 5.32 Å². The number of amides is 3. The molecular weight excluding hydrogens is 385 g/mol. The molecule has 1 saturated carbocycles. The van der Waals surface area contributed by atoms with Crippen LogP contribution in [0.5, 0.6) is 0 Å². The number of fused-ring (bicyclic) bond motifs is 1. The molecule has 0 radical (unpaired) electrons. The second kappa shape index (κ2) is 7.50. The summed E-state index contributed by atoms with van der Waals surface area (Å²) < 4.78 is 37.9. The fraction of sp³-hybridized carbons (Fsp3) is 0.500. The van der Waals surface area contributed by atoms with Gasteiger partial charge in [0.25, 0.3) is 0 Å². The lowest BCUT2D eigenvalue weighted by Crippen LogP contribution is -2.34. The van der Waals surface area contributed by atoms with Crippen LogP contribution in [-0.4, -0.2) is 29.2 Å². The van der Waals surface area contributed by atoms with Crippen molar-refractivity contribution in [3.8, 4) is 0 Å². The Morgan fingerprint density at radius 3 is 2.26 bits per heavy atom. The van der Waals surface area contributed by atoms with Crippen LogP contribution < -0.4 is 5.32 Å². The van der Waals surface area contributed by atoms with Gasteiger partial charge in [0, 0.05) is 13.0 Å². The minimum Gasteiger partial charge on any atom is -0.325 e. The summed E-state index contributed by atoms with van der Waals surface area (Å²) in [6.45, 7) is -0.0469. The van der Waals surface area contributed by atoms with Gasteiger partial charge in [0.2, 0.25) is 17.7 Å². The van der Waals surface area contributed by atoms with Crippen LogP contribution in [-0.2, 0) is 20.6 Å². The molecule has 0 bridgehead atoms. The van der Waals surface area contributed by atoms with Crippen molar-refractivity contribution >= 4 is 35.0 Å². The zero-order chi connectivity index (χ0) is 19.8. The van der Waals surface area contributed by atoms with E-state index >= 15 is 0 Å². The van der Waals surface area contributed by atoms with Crippen molar-refractivity contribution in [1.82, 2.24) is 4.90 Å². The molecule has 0 unspecified atom stereocenters. The molecule has 1 aromatic rings. The van der Waals surface area contributed by atoms with Gasteiger partial charge in [-0.3, -0.25) is 19.3 Å². The molecule has 1 heterocycles. The maximum Gasteiger partial charge on any atom is 0.416 e. The Hall–Kier alpha value is -2.09. The number of halogens is 4. The molecule has 5 nitrogen and oxygen atoms in total. The summed E-state index contributed by atoms with van der Waals surface area (Å²) in [4.78, 5) is 37.9. The Bertz CT molecular complexity index is 758. The molecule has 9 heteroatoms. The van der Waals surface area contributed by atoms with Crippen molar-refractivity contribution in [3.63, 3.8) is 0 Å². The Morgan fingerprint density at radius 2 is 1.74 bits per heavy atom. The van der Waals surface area contributed by atoms with Crippen molar-refractivity contribution in [2.24, 2.45) is 11.8 Å². The van der Waals surface area contributed by atoms with Gasteiger partial charge >= 0.3 is 6.18 Å². The Labute approximate surface area is 158 Å². The molecule has 2 atom stereocenters. The van der Waals surface area contributed by atoms with Gasteiger partial charge in [-0.2, -0.15) is 13.2 Å². The van der Waals surface area contributed by atoms with Gasteiger partial charge in [-0.05, 0) is 31.0 Å². The van der Waals surface area contributed by atoms with Crippen molar-refractivity contribution in [2.45, 2.75) is 38.3 Å². The first-order valence-corrected chi connectivity index (χ1v) is 9.08. The molecule has 1 aromatic carbocycles. The Kier molecular flexibility index (Phi) is 5.46. The van der Waals surface area contributed by atoms with E-state index in [1.165, 1.54) is 0 Å². The fourth-order valence-electron chi connectivity index (χ4n) is 3.67.